The molecule has 1 aromatic rings. The van der Waals surface area contributed by atoms with Crippen LogP contribution in [-0.2, 0) is 21.9 Å². The molecule has 0 radical (unpaired) electrons. The lowest BCUT2D eigenvalue weighted by Crippen LogP contribution is -2.07. The molecule has 0 fully saturated rings. The molecular formula is C10H15NO3S. The zero-order valence-corrected chi connectivity index (χ0v) is 9.89. The van der Waals surface area contributed by atoms with Gasteiger partial charge in [-0.2, -0.15) is 0 Å². The molecule has 84 valence electrons. The van der Waals surface area contributed by atoms with E-state index in [0.717, 1.165) is 12.0 Å². The quantitative estimate of drug-likeness (QED) is 0.838. The van der Waals surface area contributed by atoms with Crippen LogP contribution in [0, 0.1) is 0 Å². The third kappa shape index (κ3) is 3.21. The predicted octanol–water partition coefficient (Wildman–Crippen LogP) is 1.89. The molecule has 0 aromatic heterocycles. The van der Waals surface area contributed by atoms with Gasteiger partial charge in [-0.3, -0.25) is 8.91 Å². The summed E-state index contributed by atoms with van der Waals surface area (Å²) in [5.74, 6) is 0.651. The molecule has 0 aliphatic heterocycles. The van der Waals surface area contributed by atoms with Gasteiger partial charge in [0.2, 0.25) is 0 Å². The summed E-state index contributed by atoms with van der Waals surface area (Å²) in [6, 6.07) is 5.71. The molecule has 0 aliphatic rings. The molecule has 1 aromatic carbocycles. The summed E-state index contributed by atoms with van der Waals surface area (Å²) in [5, 5.41) is 0. The second-order valence-corrected chi connectivity index (χ2v) is 3.90. The van der Waals surface area contributed by atoms with Gasteiger partial charge >= 0.3 is 0 Å². The van der Waals surface area contributed by atoms with Crippen molar-refractivity contribution in [2.45, 2.75) is 13.3 Å². The first-order chi connectivity index (χ1) is 7.21. The largest absolute Gasteiger partial charge is 0.495 e. The van der Waals surface area contributed by atoms with Gasteiger partial charge < -0.3 is 4.74 Å². The molecule has 0 bridgehead atoms. The summed E-state index contributed by atoms with van der Waals surface area (Å²) in [6.45, 7) is 2.05. The van der Waals surface area contributed by atoms with Gasteiger partial charge in [0.1, 0.15) is 5.75 Å². The monoisotopic (exact) mass is 229 g/mol. The Kier molecular flexibility index (Phi) is 4.58. The van der Waals surface area contributed by atoms with E-state index >= 15 is 0 Å². The number of anilines is 1. The first-order valence-electron chi connectivity index (χ1n) is 4.61. The third-order valence-corrected chi connectivity index (χ3v) is 2.71. The van der Waals surface area contributed by atoms with E-state index in [-0.39, 0.29) is 0 Å². The summed E-state index contributed by atoms with van der Waals surface area (Å²) >= 11 is -1.53. The summed E-state index contributed by atoms with van der Waals surface area (Å²) in [7, 11) is 2.95. The summed E-state index contributed by atoms with van der Waals surface area (Å²) < 4.78 is 23.7. The van der Waals surface area contributed by atoms with Crippen molar-refractivity contribution in [3.05, 3.63) is 23.8 Å². The fraction of sp³-hybridized carbons (Fsp3) is 0.400. The van der Waals surface area contributed by atoms with E-state index in [4.69, 9.17) is 4.74 Å². The summed E-state index contributed by atoms with van der Waals surface area (Å²) in [4.78, 5) is 0. The molecule has 1 N–H and O–H groups in total. The maximum absolute atomic E-state index is 11.2. The fourth-order valence-electron chi connectivity index (χ4n) is 1.19. The molecule has 1 unspecified atom stereocenters. The highest BCUT2D eigenvalue weighted by Gasteiger charge is 2.06. The van der Waals surface area contributed by atoms with Crippen LogP contribution in [0.3, 0.4) is 0 Å². The van der Waals surface area contributed by atoms with Crippen molar-refractivity contribution in [1.29, 1.82) is 0 Å². The maximum Gasteiger partial charge on any atom is 0.261 e. The molecule has 0 spiro atoms. The Balaban J connectivity index is 2.95. The van der Waals surface area contributed by atoms with Crippen molar-refractivity contribution in [2.24, 2.45) is 0 Å². The smallest absolute Gasteiger partial charge is 0.261 e. The Morgan fingerprint density at radius 1 is 1.40 bits per heavy atom. The number of rotatable bonds is 5. The van der Waals surface area contributed by atoms with Crippen LogP contribution in [0.5, 0.6) is 5.75 Å². The molecule has 4 nitrogen and oxygen atoms in total. The Morgan fingerprint density at radius 3 is 2.67 bits per heavy atom. The van der Waals surface area contributed by atoms with Crippen molar-refractivity contribution in [2.75, 3.05) is 18.9 Å². The number of hydrogen-bond acceptors (Lipinski definition) is 3. The zero-order chi connectivity index (χ0) is 11.3. The van der Waals surface area contributed by atoms with Crippen molar-refractivity contribution in [3.63, 3.8) is 0 Å². The molecule has 15 heavy (non-hydrogen) atoms. The standard InChI is InChI=1S/C10H15NO3S/c1-4-8-5-6-10(13-2)9(7-8)11-15(12)14-3/h5-7,11H,4H2,1-3H3. The first kappa shape index (κ1) is 12.0. The maximum atomic E-state index is 11.2. The molecule has 0 saturated heterocycles. The molecule has 0 saturated carbocycles. The number of nitrogens with one attached hydrogen (secondary N) is 1. The van der Waals surface area contributed by atoms with Crippen LogP contribution in [-0.4, -0.2) is 18.4 Å². The van der Waals surface area contributed by atoms with Gasteiger partial charge in [0.15, 0.2) is 0 Å². The Morgan fingerprint density at radius 2 is 2.13 bits per heavy atom. The highest BCUT2D eigenvalue weighted by atomic mass is 32.2. The lowest BCUT2D eigenvalue weighted by Gasteiger charge is -2.10. The van der Waals surface area contributed by atoms with E-state index in [1.54, 1.807) is 7.11 Å². The number of benzene rings is 1. The van der Waals surface area contributed by atoms with Gasteiger partial charge in [0, 0.05) is 0 Å². The number of methoxy groups -OCH3 is 1. The minimum absolute atomic E-state index is 0.651. The molecule has 0 aliphatic carbocycles. The van der Waals surface area contributed by atoms with E-state index in [2.05, 4.69) is 15.8 Å². The Hall–Kier alpha value is -1.07. The number of hydrogen-bond donors (Lipinski definition) is 1. The van der Waals surface area contributed by atoms with E-state index in [1.807, 2.05) is 18.2 Å². The van der Waals surface area contributed by atoms with Crippen LogP contribution in [0.2, 0.25) is 0 Å². The molecule has 1 rings (SSSR count). The highest BCUT2D eigenvalue weighted by molar-refractivity contribution is 7.81. The second kappa shape index (κ2) is 5.72. The van der Waals surface area contributed by atoms with E-state index in [0.29, 0.717) is 11.4 Å². The van der Waals surface area contributed by atoms with Gasteiger partial charge in [0.05, 0.1) is 19.9 Å². The van der Waals surface area contributed by atoms with Crippen LogP contribution in [0.4, 0.5) is 5.69 Å². The van der Waals surface area contributed by atoms with Gasteiger partial charge in [-0.25, -0.2) is 4.21 Å². The second-order valence-electron chi connectivity index (χ2n) is 2.89. The SMILES string of the molecule is CCc1ccc(OC)c(NS(=O)OC)c1. The van der Waals surface area contributed by atoms with Gasteiger partial charge in [0.25, 0.3) is 11.3 Å². The number of ether oxygens (including phenoxy) is 1. The zero-order valence-electron chi connectivity index (χ0n) is 9.07. The van der Waals surface area contributed by atoms with Crippen molar-refractivity contribution < 1.29 is 13.1 Å². The van der Waals surface area contributed by atoms with Crippen LogP contribution in [0.1, 0.15) is 12.5 Å². The highest BCUT2D eigenvalue weighted by Crippen LogP contribution is 2.26. The van der Waals surface area contributed by atoms with Crippen LogP contribution >= 0.6 is 0 Å². The van der Waals surface area contributed by atoms with Gasteiger partial charge in [-0.05, 0) is 24.1 Å². The molecular weight excluding hydrogens is 214 g/mol. The Bertz CT molecular complexity index is 355. The van der Waals surface area contributed by atoms with Gasteiger partial charge in [-0.1, -0.05) is 13.0 Å². The summed E-state index contributed by atoms with van der Waals surface area (Å²) in [6.07, 6.45) is 0.915. The van der Waals surface area contributed by atoms with Gasteiger partial charge in [-0.15, -0.1) is 0 Å². The van der Waals surface area contributed by atoms with Crippen molar-refractivity contribution >= 4 is 17.0 Å². The van der Waals surface area contributed by atoms with E-state index in [1.165, 1.54) is 7.11 Å². The minimum atomic E-state index is -1.53. The normalized spacial score (nSPS) is 12.2. The van der Waals surface area contributed by atoms with E-state index in [9.17, 15) is 4.21 Å². The molecule has 1 atom stereocenters. The average molecular weight is 229 g/mol. The first-order valence-corrected chi connectivity index (χ1v) is 5.68. The van der Waals surface area contributed by atoms with Crippen molar-refractivity contribution in [3.8, 4) is 5.75 Å². The minimum Gasteiger partial charge on any atom is -0.495 e. The average Bonchev–Trinajstić information content (AvgIpc) is 2.28. The molecule has 5 heteroatoms. The van der Waals surface area contributed by atoms with E-state index < -0.39 is 11.3 Å². The lowest BCUT2D eigenvalue weighted by atomic mass is 10.1. The lowest BCUT2D eigenvalue weighted by molar-refractivity contribution is 0.416. The molecule has 0 heterocycles. The Labute approximate surface area is 92.4 Å². The predicted molar refractivity (Wildman–Crippen MR) is 61.1 cm³/mol. The molecule has 0 amide bonds. The van der Waals surface area contributed by atoms with Crippen molar-refractivity contribution in [1.82, 2.24) is 0 Å². The van der Waals surface area contributed by atoms with Crippen LogP contribution < -0.4 is 9.46 Å². The topological polar surface area (TPSA) is 47.6 Å². The number of aryl methyl sites for hydroxylation is 1. The third-order valence-electron chi connectivity index (χ3n) is 2.02. The van der Waals surface area contributed by atoms with Crippen LogP contribution in [0.25, 0.3) is 0 Å². The fourth-order valence-corrected chi connectivity index (χ4v) is 1.61. The summed E-state index contributed by atoms with van der Waals surface area (Å²) in [5.41, 5.74) is 1.82. The van der Waals surface area contributed by atoms with Crippen LogP contribution in [0.15, 0.2) is 18.2 Å².